The normalized spacial score (nSPS) is 12.2. The number of carboxylic acid groups (broad SMARTS) is 1. The lowest BCUT2D eigenvalue weighted by Crippen LogP contribution is -2.27. The van der Waals surface area contributed by atoms with Crippen LogP contribution < -0.4 is 0 Å². The quantitative estimate of drug-likeness (QED) is 0.796. The van der Waals surface area contributed by atoms with Gasteiger partial charge in [-0.15, -0.1) is 0 Å². The van der Waals surface area contributed by atoms with Gasteiger partial charge < -0.3 is 14.7 Å². The number of rotatable bonds is 5. The van der Waals surface area contributed by atoms with Crippen molar-refractivity contribution in [2.45, 2.75) is 5.92 Å². The van der Waals surface area contributed by atoms with E-state index in [9.17, 15) is 9.59 Å². The highest BCUT2D eigenvalue weighted by atomic mass is 16.5. The third-order valence-corrected chi connectivity index (χ3v) is 2.59. The summed E-state index contributed by atoms with van der Waals surface area (Å²) in [5.74, 6) is -1.72. The van der Waals surface area contributed by atoms with E-state index in [1.807, 2.05) is 19.0 Å². The van der Waals surface area contributed by atoms with E-state index in [1.54, 1.807) is 12.1 Å². The zero-order valence-electron chi connectivity index (χ0n) is 10.7. The van der Waals surface area contributed by atoms with Gasteiger partial charge in [-0.25, -0.2) is 4.79 Å². The minimum atomic E-state index is -0.983. The largest absolute Gasteiger partial charge is 0.478 e. The van der Waals surface area contributed by atoms with Gasteiger partial charge in [-0.05, 0) is 31.8 Å². The Bertz CT molecular complexity index is 425. The molecule has 0 aliphatic rings. The van der Waals surface area contributed by atoms with E-state index < -0.39 is 11.9 Å². The summed E-state index contributed by atoms with van der Waals surface area (Å²) in [7, 11) is 5.07. The topological polar surface area (TPSA) is 66.8 Å². The van der Waals surface area contributed by atoms with Gasteiger partial charge >= 0.3 is 11.9 Å². The second-order valence-electron chi connectivity index (χ2n) is 4.27. The fraction of sp³-hybridized carbons (Fsp3) is 0.385. The number of carboxylic acids is 1. The molecule has 1 aromatic carbocycles. The maximum absolute atomic E-state index is 11.7. The summed E-state index contributed by atoms with van der Waals surface area (Å²) in [6.45, 7) is 0.513. The third kappa shape index (κ3) is 3.56. The molecule has 1 unspecified atom stereocenters. The highest BCUT2D eigenvalue weighted by molar-refractivity contribution is 5.88. The lowest BCUT2D eigenvalue weighted by atomic mass is 9.97. The molecule has 0 heterocycles. The van der Waals surface area contributed by atoms with Crippen LogP contribution in [0.2, 0.25) is 0 Å². The predicted molar refractivity (Wildman–Crippen MR) is 66.7 cm³/mol. The van der Waals surface area contributed by atoms with Crippen molar-refractivity contribution in [1.82, 2.24) is 4.90 Å². The van der Waals surface area contributed by atoms with Crippen LogP contribution >= 0.6 is 0 Å². The fourth-order valence-electron chi connectivity index (χ4n) is 1.68. The molecule has 5 nitrogen and oxygen atoms in total. The summed E-state index contributed by atoms with van der Waals surface area (Å²) >= 11 is 0. The summed E-state index contributed by atoms with van der Waals surface area (Å²) in [5.41, 5.74) is 0.952. The van der Waals surface area contributed by atoms with Crippen LogP contribution in [0.3, 0.4) is 0 Å². The molecule has 0 aromatic heterocycles. The molecular formula is C13H17NO4. The van der Waals surface area contributed by atoms with E-state index in [1.165, 1.54) is 19.2 Å². The Kier molecular flexibility index (Phi) is 4.85. The van der Waals surface area contributed by atoms with Gasteiger partial charge in [-0.3, -0.25) is 4.79 Å². The van der Waals surface area contributed by atoms with Crippen LogP contribution in [0.1, 0.15) is 21.8 Å². The number of likely N-dealkylation sites (N-methyl/N-ethyl adjacent to an activating group) is 1. The van der Waals surface area contributed by atoms with Gasteiger partial charge in [-0.1, -0.05) is 12.1 Å². The van der Waals surface area contributed by atoms with E-state index >= 15 is 0 Å². The number of hydrogen-bond acceptors (Lipinski definition) is 4. The number of ether oxygens (including phenoxy) is 1. The number of benzene rings is 1. The molecule has 1 rings (SSSR count). The lowest BCUT2D eigenvalue weighted by Gasteiger charge is -2.19. The average molecular weight is 251 g/mol. The second kappa shape index (κ2) is 6.16. The van der Waals surface area contributed by atoms with Gasteiger partial charge in [0.15, 0.2) is 0 Å². The van der Waals surface area contributed by atoms with E-state index in [-0.39, 0.29) is 11.5 Å². The molecule has 0 aliphatic heterocycles. The summed E-state index contributed by atoms with van der Waals surface area (Å²) in [4.78, 5) is 24.3. The number of carbonyl (C=O) groups is 2. The molecule has 5 heteroatoms. The second-order valence-corrected chi connectivity index (χ2v) is 4.27. The zero-order chi connectivity index (χ0) is 13.7. The van der Waals surface area contributed by atoms with E-state index in [0.29, 0.717) is 6.54 Å². The summed E-state index contributed by atoms with van der Waals surface area (Å²) in [6, 6.07) is 6.27. The van der Waals surface area contributed by atoms with Gasteiger partial charge in [0.25, 0.3) is 0 Å². The Labute approximate surface area is 106 Å². The lowest BCUT2D eigenvalue weighted by molar-refractivity contribution is -0.142. The number of carbonyl (C=O) groups excluding carboxylic acids is 1. The predicted octanol–water partition coefficient (Wildman–Crippen LogP) is 1.20. The Morgan fingerprint density at radius 3 is 2.22 bits per heavy atom. The third-order valence-electron chi connectivity index (χ3n) is 2.59. The highest BCUT2D eigenvalue weighted by Crippen LogP contribution is 2.19. The molecule has 1 N–H and O–H groups in total. The first-order valence-corrected chi connectivity index (χ1v) is 5.51. The van der Waals surface area contributed by atoms with Gasteiger partial charge in [-0.2, -0.15) is 0 Å². The van der Waals surface area contributed by atoms with Crippen molar-refractivity contribution in [2.24, 2.45) is 0 Å². The highest BCUT2D eigenvalue weighted by Gasteiger charge is 2.22. The molecule has 18 heavy (non-hydrogen) atoms. The standard InChI is InChI=1S/C13H17NO4/c1-14(2)8-11(13(17)18-3)9-4-6-10(7-5-9)12(15)16/h4-7,11H,8H2,1-3H3,(H,15,16). The van der Waals surface area contributed by atoms with Crippen LogP contribution in [0.15, 0.2) is 24.3 Å². The van der Waals surface area contributed by atoms with Crippen LogP contribution in [-0.4, -0.2) is 49.7 Å². The Hall–Kier alpha value is -1.88. The summed E-state index contributed by atoms with van der Waals surface area (Å²) in [6.07, 6.45) is 0. The molecule has 0 aliphatic carbocycles. The number of methoxy groups -OCH3 is 1. The number of esters is 1. The van der Waals surface area contributed by atoms with E-state index in [4.69, 9.17) is 9.84 Å². The summed E-state index contributed by atoms with van der Waals surface area (Å²) < 4.78 is 4.76. The Morgan fingerprint density at radius 1 is 1.28 bits per heavy atom. The van der Waals surface area contributed by atoms with E-state index in [2.05, 4.69) is 0 Å². The Balaban J connectivity index is 2.98. The molecule has 0 amide bonds. The molecule has 1 atom stereocenters. The van der Waals surface area contributed by atoms with Crippen LogP contribution in [0.4, 0.5) is 0 Å². The van der Waals surface area contributed by atoms with Crippen LogP contribution in [0.5, 0.6) is 0 Å². The number of aromatic carboxylic acids is 1. The van der Waals surface area contributed by atoms with Gasteiger partial charge in [0.2, 0.25) is 0 Å². The van der Waals surface area contributed by atoms with Crippen molar-refractivity contribution >= 4 is 11.9 Å². The number of hydrogen-bond donors (Lipinski definition) is 1. The molecule has 0 spiro atoms. The molecule has 98 valence electrons. The van der Waals surface area contributed by atoms with E-state index in [0.717, 1.165) is 5.56 Å². The molecule has 0 radical (unpaired) electrons. The maximum atomic E-state index is 11.7. The van der Waals surface area contributed by atoms with Gasteiger partial charge in [0.05, 0.1) is 18.6 Å². The van der Waals surface area contributed by atoms with Crippen molar-refractivity contribution in [2.75, 3.05) is 27.7 Å². The van der Waals surface area contributed by atoms with Gasteiger partial charge in [0, 0.05) is 6.54 Å². The van der Waals surface area contributed by atoms with Crippen molar-refractivity contribution in [3.63, 3.8) is 0 Å². The first-order valence-electron chi connectivity index (χ1n) is 5.51. The summed E-state index contributed by atoms with van der Waals surface area (Å²) in [5, 5.41) is 8.82. The van der Waals surface area contributed by atoms with Crippen molar-refractivity contribution in [1.29, 1.82) is 0 Å². The fourth-order valence-corrected chi connectivity index (χ4v) is 1.68. The maximum Gasteiger partial charge on any atom is 0.335 e. The van der Waals surface area contributed by atoms with Crippen molar-refractivity contribution in [3.8, 4) is 0 Å². The SMILES string of the molecule is COC(=O)C(CN(C)C)c1ccc(C(=O)O)cc1. The molecule has 0 saturated carbocycles. The van der Waals surface area contributed by atoms with Crippen LogP contribution in [0.25, 0.3) is 0 Å². The first kappa shape index (κ1) is 14.2. The Morgan fingerprint density at radius 2 is 1.83 bits per heavy atom. The van der Waals surface area contributed by atoms with Crippen LogP contribution in [0, 0.1) is 0 Å². The average Bonchev–Trinajstić information content (AvgIpc) is 2.35. The molecule has 0 saturated heterocycles. The minimum Gasteiger partial charge on any atom is -0.478 e. The minimum absolute atomic E-state index is 0.201. The van der Waals surface area contributed by atoms with Gasteiger partial charge in [0.1, 0.15) is 0 Å². The number of nitrogens with zero attached hydrogens (tertiary/aromatic N) is 1. The smallest absolute Gasteiger partial charge is 0.335 e. The zero-order valence-corrected chi connectivity index (χ0v) is 10.7. The van der Waals surface area contributed by atoms with Crippen molar-refractivity contribution in [3.05, 3.63) is 35.4 Å². The first-order chi connectivity index (χ1) is 8.45. The molecule has 1 aromatic rings. The monoisotopic (exact) mass is 251 g/mol. The molecule has 0 bridgehead atoms. The van der Waals surface area contributed by atoms with Crippen molar-refractivity contribution < 1.29 is 19.4 Å². The molecular weight excluding hydrogens is 234 g/mol. The van der Waals surface area contributed by atoms with Crippen LogP contribution in [-0.2, 0) is 9.53 Å². The molecule has 0 fully saturated rings.